The summed E-state index contributed by atoms with van der Waals surface area (Å²) in [6.45, 7) is 1.58. The first-order chi connectivity index (χ1) is 9.38. The van der Waals surface area contributed by atoms with Gasteiger partial charge in [0.05, 0.1) is 12.2 Å². The Balaban J connectivity index is 2.32. The van der Waals surface area contributed by atoms with Crippen molar-refractivity contribution in [2.24, 2.45) is 0 Å². The zero-order valence-corrected chi connectivity index (χ0v) is 10.9. The van der Waals surface area contributed by atoms with Crippen molar-refractivity contribution in [3.05, 3.63) is 41.6 Å². The lowest BCUT2D eigenvalue weighted by molar-refractivity contribution is -0.137. The van der Waals surface area contributed by atoms with Gasteiger partial charge < -0.3 is 4.90 Å². The molecule has 20 heavy (non-hydrogen) atoms. The van der Waals surface area contributed by atoms with E-state index < -0.39 is 11.7 Å². The third-order valence-corrected chi connectivity index (χ3v) is 2.56. The van der Waals surface area contributed by atoms with Gasteiger partial charge in [0.25, 0.3) is 0 Å². The van der Waals surface area contributed by atoms with Crippen LogP contribution in [0.15, 0.2) is 24.5 Å². The second-order valence-corrected chi connectivity index (χ2v) is 4.24. The molecule has 0 saturated heterocycles. The minimum atomic E-state index is -4.48. The number of aryl methyl sites for hydroxylation is 1. The van der Waals surface area contributed by atoms with Crippen LogP contribution in [-0.4, -0.2) is 27.2 Å². The molecule has 0 bridgehead atoms. The van der Waals surface area contributed by atoms with Crippen molar-refractivity contribution < 1.29 is 13.2 Å². The first-order valence-corrected chi connectivity index (χ1v) is 5.76. The largest absolute Gasteiger partial charge is 0.420 e. The van der Waals surface area contributed by atoms with Gasteiger partial charge in [0.15, 0.2) is 5.82 Å². The van der Waals surface area contributed by atoms with Gasteiger partial charge in [0.2, 0.25) is 0 Å². The number of hydrogen-bond acceptors (Lipinski definition) is 5. The van der Waals surface area contributed by atoms with Gasteiger partial charge in [-0.05, 0) is 19.1 Å². The minimum Gasteiger partial charge on any atom is -0.350 e. The Kier molecular flexibility index (Phi) is 3.82. The highest BCUT2D eigenvalue weighted by Crippen LogP contribution is 2.35. The number of halogens is 3. The maximum absolute atomic E-state index is 13.0. The van der Waals surface area contributed by atoms with E-state index in [1.807, 2.05) is 0 Å². The Morgan fingerprint density at radius 1 is 1.15 bits per heavy atom. The summed E-state index contributed by atoms with van der Waals surface area (Å²) < 4.78 is 39.0. The summed E-state index contributed by atoms with van der Waals surface area (Å²) in [5, 5.41) is 7.32. The summed E-state index contributed by atoms with van der Waals surface area (Å²) in [6, 6.07) is 2.61. The molecule has 0 aliphatic rings. The predicted octanol–water partition coefficient (Wildman–Crippen LogP) is 2.23. The van der Waals surface area contributed by atoms with E-state index in [0.717, 1.165) is 6.07 Å². The fraction of sp³-hybridized carbons (Fsp3) is 0.333. The van der Waals surface area contributed by atoms with Gasteiger partial charge in [-0.2, -0.15) is 18.3 Å². The highest BCUT2D eigenvalue weighted by atomic mass is 19.4. The Bertz CT molecular complexity index is 585. The SMILES string of the molecule is Cc1cc(C(F)(F)F)c(N(C)Cc2ncccn2)nn1. The predicted molar refractivity (Wildman–Crippen MR) is 65.9 cm³/mol. The number of nitrogens with zero attached hydrogens (tertiary/aromatic N) is 5. The Hall–Kier alpha value is -2.25. The van der Waals surface area contributed by atoms with Gasteiger partial charge in [0.1, 0.15) is 11.4 Å². The van der Waals surface area contributed by atoms with Crippen LogP contribution in [0.1, 0.15) is 17.1 Å². The standard InChI is InChI=1S/C12H12F3N5/c1-8-6-9(12(13,14)15)11(19-18-8)20(2)7-10-16-4-3-5-17-10/h3-6H,7H2,1-2H3. The van der Waals surface area contributed by atoms with E-state index in [-0.39, 0.29) is 18.1 Å². The maximum atomic E-state index is 13.0. The van der Waals surface area contributed by atoms with E-state index in [1.165, 1.54) is 31.3 Å². The molecule has 2 aromatic heterocycles. The Morgan fingerprint density at radius 2 is 1.80 bits per heavy atom. The van der Waals surface area contributed by atoms with Gasteiger partial charge >= 0.3 is 6.18 Å². The fourth-order valence-electron chi connectivity index (χ4n) is 1.67. The second-order valence-electron chi connectivity index (χ2n) is 4.24. The van der Waals surface area contributed by atoms with Gasteiger partial charge in [0, 0.05) is 19.4 Å². The molecule has 2 aromatic rings. The molecule has 0 radical (unpaired) electrons. The molecule has 0 spiro atoms. The summed E-state index contributed by atoms with van der Waals surface area (Å²) in [6.07, 6.45) is -1.43. The minimum absolute atomic E-state index is 0.113. The molecular weight excluding hydrogens is 271 g/mol. The number of anilines is 1. The van der Waals surface area contributed by atoms with Crippen molar-refractivity contribution in [3.8, 4) is 0 Å². The van der Waals surface area contributed by atoms with E-state index in [1.54, 1.807) is 6.07 Å². The first-order valence-electron chi connectivity index (χ1n) is 5.76. The molecule has 5 nitrogen and oxygen atoms in total. The van der Waals surface area contributed by atoms with Crippen LogP contribution in [0.25, 0.3) is 0 Å². The average molecular weight is 283 g/mol. The van der Waals surface area contributed by atoms with Crippen LogP contribution < -0.4 is 4.90 Å². The summed E-state index contributed by atoms with van der Waals surface area (Å²) in [5.74, 6) is 0.168. The molecule has 2 heterocycles. The summed E-state index contributed by atoms with van der Waals surface area (Å²) in [5.41, 5.74) is -0.603. The molecule has 0 amide bonds. The normalized spacial score (nSPS) is 11.4. The van der Waals surface area contributed by atoms with Crippen LogP contribution in [0.5, 0.6) is 0 Å². The van der Waals surface area contributed by atoms with Crippen molar-refractivity contribution in [1.29, 1.82) is 0 Å². The lowest BCUT2D eigenvalue weighted by Crippen LogP contribution is -2.24. The molecule has 2 rings (SSSR count). The number of alkyl halides is 3. The molecule has 0 N–H and O–H groups in total. The van der Waals surface area contributed by atoms with Crippen molar-refractivity contribution >= 4 is 5.82 Å². The van der Waals surface area contributed by atoms with E-state index in [4.69, 9.17) is 0 Å². The van der Waals surface area contributed by atoms with Gasteiger partial charge in [-0.1, -0.05) is 0 Å². The number of hydrogen-bond donors (Lipinski definition) is 0. The van der Waals surface area contributed by atoms with Crippen molar-refractivity contribution in [3.63, 3.8) is 0 Å². The summed E-state index contributed by atoms with van der Waals surface area (Å²) in [4.78, 5) is 9.27. The number of rotatable bonds is 3. The molecule has 0 aliphatic heterocycles. The van der Waals surface area contributed by atoms with Crippen molar-refractivity contribution in [1.82, 2.24) is 20.2 Å². The molecule has 106 valence electrons. The van der Waals surface area contributed by atoms with Gasteiger partial charge in [-0.25, -0.2) is 9.97 Å². The second kappa shape index (κ2) is 5.40. The van der Waals surface area contributed by atoms with Crippen LogP contribution in [0, 0.1) is 6.92 Å². The zero-order chi connectivity index (χ0) is 14.8. The molecular formula is C12H12F3N5. The molecule has 0 fully saturated rings. The van der Waals surface area contributed by atoms with Crippen molar-refractivity contribution in [2.75, 3.05) is 11.9 Å². The quantitative estimate of drug-likeness (QED) is 0.864. The average Bonchev–Trinajstić information content (AvgIpc) is 2.38. The lowest BCUT2D eigenvalue weighted by atomic mass is 10.2. The molecule has 8 heteroatoms. The number of aromatic nitrogens is 4. The van der Waals surface area contributed by atoms with Crippen molar-refractivity contribution in [2.45, 2.75) is 19.6 Å². The highest BCUT2D eigenvalue weighted by molar-refractivity contribution is 5.47. The molecule has 0 aliphatic carbocycles. The Morgan fingerprint density at radius 3 is 2.40 bits per heavy atom. The Labute approximate surface area is 113 Å². The molecule has 0 saturated carbocycles. The summed E-state index contributed by atoms with van der Waals surface area (Å²) in [7, 11) is 1.49. The van der Waals surface area contributed by atoms with Crippen LogP contribution in [0.3, 0.4) is 0 Å². The summed E-state index contributed by atoms with van der Waals surface area (Å²) >= 11 is 0. The maximum Gasteiger partial charge on any atom is 0.420 e. The van der Waals surface area contributed by atoms with Crippen LogP contribution >= 0.6 is 0 Å². The topological polar surface area (TPSA) is 54.8 Å². The lowest BCUT2D eigenvalue weighted by Gasteiger charge is -2.21. The smallest absolute Gasteiger partial charge is 0.350 e. The molecule has 0 unspecified atom stereocenters. The zero-order valence-electron chi connectivity index (χ0n) is 10.9. The van der Waals surface area contributed by atoms with E-state index in [0.29, 0.717) is 5.82 Å². The third kappa shape index (κ3) is 3.19. The van der Waals surface area contributed by atoms with Crippen LogP contribution in [-0.2, 0) is 12.7 Å². The molecule has 0 aromatic carbocycles. The van der Waals surface area contributed by atoms with E-state index in [9.17, 15) is 13.2 Å². The van der Waals surface area contributed by atoms with E-state index in [2.05, 4.69) is 20.2 Å². The first kappa shape index (κ1) is 14.2. The monoisotopic (exact) mass is 283 g/mol. The van der Waals surface area contributed by atoms with Crippen LogP contribution in [0.2, 0.25) is 0 Å². The van der Waals surface area contributed by atoms with Crippen LogP contribution in [0.4, 0.5) is 19.0 Å². The third-order valence-electron chi connectivity index (χ3n) is 2.56. The molecule has 0 atom stereocenters. The van der Waals surface area contributed by atoms with Gasteiger partial charge in [-0.3, -0.25) is 0 Å². The fourth-order valence-corrected chi connectivity index (χ4v) is 1.67. The van der Waals surface area contributed by atoms with E-state index >= 15 is 0 Å². The van der Waals surface area contributed by atoms with Gasteiger partial charge in [-0.15, -0.1) is 5.10 Å². The highest BCUT2D eigenvalue weighted by Gasteiger charge is 2.36.